The Kier molecular flexibility index (Phi) is 4.88. The van der Waals surface area contributed by atoms with Crippen molar-refractivity contribution in [3.8, 4) is 17.2 Å². The maximum Gasteiger partial charge on any atom is 0.336 e. The van der Waals surface area contributed by atoms with Crippen molar-refractivity contribution in [3.63, 3.8) is 0 Å². The van der Waals surface area contributed by atoms with Crippen molar-refractivity contribution in [2.45, 2.75) is 6.42 Å². The maximum atomic E-state index is 11.5. The Labute approximate surface area is 129 Å². The lowest BCUT2D eigenvalue weighted by Gasteiger charge is -2.15. The van der Waals surface area contributed by atoms with Crippen LogP contribution in [-0.4, -0.2) is 32.4 Å². The molecule has 0 aliphatic carbocycles. The molecule has 0 radical (unpaired) electrons. The van der Waals surface area contributed by atoms with Crippen LogP contribution in [0, 0.1) is 0 Å². The molecule has 2 rings (SSSR count). The molecule has 5 heteroatoms. The summed E-state index contributed by atoms with van der Waals surface area (Å²) in [5.41, 5.74) is 1.74. The van der Waals surface area contributed by atoms with Crippen molar-refractivity contribution in [1.82, 2.24) is 0 Å². The standard InChI is InChI=1S/C17H18O5/c1-20-12-6-4-11(5-7-12)10-14-13(17(18)19)8-9-15(21-2)16(14)22-3/h4-9H,10H2,1-3H3,(H,18,19). The molecule has 0 saturated carbocycles. The third-order valence-corrected chi connectivity index (χ3v) is 3.42. The second kappa shape index (κ2) is 6.85. The number of rotatable bonds is 6. The third kappa shape index (κ3) is 3.14. The van der Waals surface area contributed by atoms with E-state index >= 15 is 0 Å². The molecule has 0 fully saturated rings. The smallest absolute Gasteiger partial charge is 0.336 e. The number of hydrogen-bond donors (Lipinski definition) is 1. The Morgan fingerprint density at radius 3 is 2.14 bits per heavy atom. The molecule has 0 aliphatic rings. The van der Waals surface area contributed by atoms with Crippen molar-refractivity contribution in [1.29, 1.82) is 0 Å². The van der Waals surface area contributed by atoms with Crippen LogP contribution < -0.4 is 14.2 Å². The highest BCUT2D eigenvalue weighted by atomic mass is 16.5. The van der Waals surface area contributed by atoms with E-state index in [1.165, 1.54) is 20.3 Å². The quantitative estimate of drug-likeness (QED) is 0.888. The van der Waals surface area contributed by atoms with Crippen LogP contribution in [0.4, 0.5) is 0 Å². The fraction of sp³-hybridized carbons (Fsp3) is 0.235. The monoisotopic (exact) mass is 302 g/mol. The molecule has 0 amide bonds. The lowest BCUT2D eigenvalue weighted by Crippen LogP contribution is -2.07. The molecule has 0 unspecified atom stereocenters. The lowest BCUT2D eigenvalue weighted by molar-refractivity contribution is 0.0695. The molecule has 5 nitrogen and oxygen atoms in total. The van der Waals surface area contributed by atoms with Crippen molar-refractivity contribution in [3.05, 3.63) is 53.1 Å². The van der Waals surface area contributed by atoms with E-state index < -0.39 is 5.97 Å². The highest BCUT2D eigenvalue weighted by Gasteiger charge is 2.19. The Morgan fingerprint density at radius 1 is 0.955 bits per heavy atom. The van der Waals surface area contributed by atoms with E-state index in [1.54, 1.807) is 13.2 Å². The van der Waals surface area contributed by atoms with E-state index in [4.69, 9.17) is 14.2 Å². The molecule has 2 aromatic carbocycles. The number of benzene rings is 2. The van der Waals surface area contributed by atoms with Gasteiger partial charge in [-0.1, -0.05) is 12.1 Å². The average molecular weight is 302 g/mol. The van der Waals surface area contributed by atoms with Gasteiger partial charge in [0.05, 0.1) is 26.9 Å². The number of methoxy groups -OCH3 is 3. The summed E-state index contributed by atoms with van der Waals surface area (Å²) >= 11 is 0. The SMILES string of the molecule is COc1ccc(Cc2c(C(=O)O)ccc(OC)c2OC)cc1. The molecule has 0 spiro atoms. The third-order valence-electron chi connectivity index (χ3n) is 3.42. The van der Waals surface area contributed by atoms with Gasteiger partial charge < -0.3 is 19.3 Å². The zero-order valence-corrected chi connectivity index (χ0v) is 12.8. The van der Waals surface area contributed by atoms with E-state index in [9.17, 15) is 9.90 Å². The van der Waals surface area contributed by atoms with Gasteiger partial charge in [0.25, 0.3) is 0 Å². The van der Waals surface area contributed by atoms with Gasteiger partial charge >= 0.3 is 5.97 Å². The summed E-state index contributed by atoms with van der Waals surface area (Å²) in [5.74, 6) is 0.707. The van der Waals surface area contributed by atoms with Gasteiger partial charge in [0, 0.05) is 12.0 Å². The van der Waals surface area contributed by atoms with Gasteiger partial charge in [0.1, 0.15) is 5.75 Å². The van der Waals surface area contributed by atoms with Crippen molar-refractivity contribution >= 4 is 5.97 Å². The number of aromatic carboxylic acids is 1. The first kappa shape index (κ1) is 15.7. The van der Waals surface area contributed by atoms with Crippen LogP contribution in [0.15, 0.2) is 36.4 Å². The first-order chi connectivity index (χ1) is 10.6. The van der Waals surface area contributed by atoms with Gasteiger partial charge in [0.15, 0.2) is 11.5 Å². The molecule has 0 aromatic heterocycles. The molecule has 0 saturated heterocycles. The Morgan fingerprint density at radius 2 is 1.64 bits per heavy atom. The van der Waals surface area contributed by atoms with Gasteiger partial charge in [-0.25, -0.2) is 4.79 Å². The molecule has 22 heavy (non-hydrogen) atoms. The number of carbonyl (C=O) groups is 1. The van der Waals surface area contributed by atoms with Crippen LogP contribution >= 0.6 is 0 Å². The largest absolute Gasteiger partial charge is 0.497 e. The molecule has 1 N–H and O–H groups in total. The van der Waals surface area contributed by atoms with Crippen molar-refractivity contribution in [2.75, 3.05) is 21.3 Å². The molecular weight excluding hydrogens is 284 g/mol. The fourth-order valence-electron chi connectivity index (χ4n) is 2.31. The van der Waals surface area contributed by atoms with E-state index in [0.717, 1.165) is 11.3 Å². The van der Waals surface area contributed by atoms with Crippen LogP contribution in [0.3, 0.4) is 0 Å². The van der Waals surface area contributed by atoms with E-state index in [2.05, 4.69) is 0 Å². The van der Waals surface area contributed by atoms with Crippen LogP contribution in [0.1, 0.15) is 21.5 Å². The summed E-state index contributed by atoms with van der Waals surface area (Å²) in [4.78, 5) is 11.5. The van der Waals surface area contributed by atoms with E-state index in [1.807, 2.05) is 24.3 Å². The van der Waals surface area contributed by atoms with Crippen LogP contribution in [0.25, 0.3) is 0 Å². The van der Waals surface area contributed by atoms with E-state index in [0.29, 0.717) is 23.5 Å². The highest BCUT2D eigenvalue weighted by Crippen LogP contribution is 2.35. The molecule has 116 valence electrons. The minimum Gasteiger partial charge on any atom is -0.497 e. The molecular formula is C17H18O5. The second-order valence-electron chi connectivity index (χ2n) is 4.66. The predicted molar refractivity (Wildman–Crippen MR) is 82.3 cm³/mol. The summed E-state index contributed by atoms with van der Waals surface area (Å²) in [5, 5.41) is 9.39. The normalized spacial score (nSPS) is 10.1. The molecule has 2 aromatic rings. The molecule has 0 heterocycles. The zero-order chi connectivity index (χ0) is 16.1. The van der Waals surface area contributed by atoms with Crippen LogP contribution in [0.5, 0.6) is 17.2 Å². The Balaban J connectivity index is 2.48. The summed E-state index contributed by atoms with van der Waals surface area (Å²) in [6.07, 6.45) is 0.423. The van der Waals surface area contributed by atoms with Gasteiger partial charge in [-0.15, -0.1) is 0 Å². The zero-order valence-electron chi connectivity index (χ0n) is 12.8. The van der Waals surface area contributed by atoms with Gasteiger partial charge in [-0.2, -0.15) is 0 Å². The van der Waals surface area contributed by atoms with Crippen LogP contribution in [0.2, 0.25) is 0 Å². The maximum absolute atomic E-state index is 11.5. The van der Waals surface area contributed by atoms with Crippen LogP contribution in [-0.2, 0) is 6.42 Å². The summed E-state index contributed by atoms with van der Waals surface area (Å²) in [7, 11) is 4.62. The fourth-order valence-corrected chi connectivity index (χ4v) is 2.31. The van der Waals surface area contributed by atoms with Gasteiger partial charge in [-0.05, 0) is 29.8 Å². The summed E-state index contributed by atoms with van der Waals surface area (Å²) in [6, 6.07) is 10.6. The Hall–Kier alpha value is -2.69. The minimum atomic E-state index is -0.996. The number of hydrogen-bond acceptors (Lipinski definition) is 4. The average Bonchev–Trinajstić information content (AvgIpc) is 2.54. The summed E-state index contributed by atoms with van der Waals surface area (Å²) < 4.78 is 15.7. The number of ether oxygens (including phenoxy) is 3. The first-order valence-corrected chi connectivity index (χ1v) is 6.70. The van der Waals surface area contributed by atoms with Gasteiger partial charge in [-0.3, -0.25) is 0 Å². The molecule has 0 bridgehead atoms. The first-order valence-electron chi connectivity index (χ1n) is 6.70. The van der Waals surface area contributed by atoms with E-state index in [-0.39, 0.29) is 5.56 Å². The predicted octanol–water partition coefficient (Wildman–Crippen LogP) is 3.00. The molecule has 0 atom stereocenters. The molecule has 0 aliphatic heterocycles. The topological polar surface area (TPSA) is 65.0 Å². The van der Waals surface area contributed by atoms with Gasteiger partial charge in [0.2, 0.25) is 0 Å². The lowest BCUT2D eigenvalue weighted by atomic mass is 9.98. The summed E-state index contributed by atoms with van der Waals surface area (Å²) in [6.45, 7) is 0. The number of carboxylic acids is 1. The second-order valence-corrected chi connectivity index (χ2v) is 4.66. The Bertz CT molecular complexity index is 661. The van der Waals surface area contributed by atoms with Crippen molar-refractivity contribution < 1.29 is 24.1 Å². The highest BCUT2D eigenvalue weighted by molar-refractivity contribution is 5.91. The minimum absolute atomic E-state index is 0.202. The van der Waals surface area contributed by atoms with Crippen molar-refractivity contribution in [2.24, 2.45) is 0 Å². The number of carboxylic acid groups (broad SMARTS) is 1.